The Bertz CT molecular complexity index is 1120. The molecule has 0 saturated carbocycles. The van der Waals surface area contributed by atoms with Crippen molar-refractivity contribution in [2.45, 2.75) is 23.7 Å². The van der Waals surface area contributed by atoms with Crippen LogP contribution in [0.15, 0.2) is 53.7 Å². The smallest absolute Gasteiger partial charge is 0.271 e. The Kier molecular flexibility index (Phi) is 5.14. The molecule has 0 atom stereocenters. The molecule has 1 N–H and O–H groups in total. The molecule has 1 aliphatic rings. The van der Waals surface area contributed by atoms with Gasteiger partial charge in [-0.2, -0.15) is 5.10 Å². The predicted octanol–water partition coefficient (Wildman–Crippen LogP) is 2.29. The van der Waals surface area contributed by atoms with Gasteiger partial charge in [-0.3, -0.25) is 19.9 Å². The van der Waals surface area contributed by atoms with E-state index in [0.717, 1.165) is 0 Å². The number of nitrogens with one attached hydrogen (secondary N) is 1. The monoisotopic (exact) mass is 411 g/mol. The van der Waals surface area contributed by atoms with E-state index in [1.165, 1.54) is 6.26 Å². The van der Waals surface area contributed by atoms with Crippen LogP contribution in [0, 0.1) is 0 Å². The summed E-state index contributed by atoms with van der Waals surface area (Å²) in [5.74, 6) is -0.113. The summed E-state index contributed by atoms with van der Waals surface area (Å²) >= 11 is 0. The van der Waals surface area contributed by atoms with Crippen LogP contribution in [0.25, 0.3) is 11.4 Å². The zero-order valence-corrected chi connectivity index (χ0v) is 16.8. The van der Waals surface area contributed by atoms with E-state index in [2.05, 4.69) is 20.2 Å². The molecule has 3 aromatic rings. The van der Waals surface area contributed by atoms with Crippen molar-refractivity contribution in [1.29, 1.82) is 0 Å². The number of nitrogens with zero attached hydrogens (tertiary/aromatic N) is 4. The minimum absolute atomic E-state index is 0.0100. The molecule has 0 spiro atoms. The van der Waals surface area contributed by atoms with Crippen LogP contribution >= 0.6 is 0 Å². The number of aromatic nitrogens is 4. The number of piperidine rings is 1. The topological polar surface area (TPSA) is 109 Å². The van der Waals surface area contributed by atoms with Gasteiger partial charge in [0.05, 0.1) is 16.3 Å². The molecule has 29 heavy (non-hydrogen) atoms. The number of hydrogen-bond acceptors (Lipinski definition) is 6. The fraction of sp³-hybridized carbons (Fsp3) is 0.300. The van der Waals surface area contributed by atoms with Crippen molar-refractivity contribution >= 4 is 15.7 Å². The van der Waals surface area contributed by atoms with Crippen molar-refractivity contribution < 1.29 is 13.2 Å². The molecule has 0 aromatic carbocycles. The largest absolute Gasteiger partial charge is 0.337 e. The van der Waals surface area contributed by atoms with Crippen LogP contribution in [0.5, 0.6) is 0 Å². The summed E-state index contributed by atoms with van der Waals surface area (Å²) < 4.78 is 24.1. The zero-order valence-electron chi connectivity index (χ0n) is 15.9. The average Bonchev–Trinajstić information content (AvgIpc) is 3.24. The van der Waals surface area contributed by atoms with E-state index in [9.17, 15) is 13.2 Å². The van der Waals surface area contributed by atoms with Gasteiger partial charge in [-0.15, -0.1) is 0 Å². The van der Waals surface area contributed by atoms with E-state index in [1.807, 2.05) is 18.2 Å². The van der Waals surface area contributed by atoms with Crippen LogP contribution in [0.1, 0.15) is 34.9 Å². The van der Waals surface area contributed by atoms with Gasteiger partial charge in [0.25, 0.3) is 5.91 Å². The second-order valence-electron chi connectivity index (χ2n) is 7.11. The Morgan fingerprint density at radius 1 is 1.07 bits per heavy atom. The van der Waals surface area contributed by atoms with Crippen molar-refractivity contribution in [1.82, 2.24) is 25.1 Å². The standard InChI is InChI=1S/C20H21N5O3S/c1-29(27,28)18-6-4-10-22-19(18)14-7-11-25(12-8-14)20(26)17-13-16(23-24-17)15-5-2-3-9-21-15/h2-6,9-10,13-14H,7-8,11-12H2,1H3,(H,23,24). The quantitative estimate of drug-likeness (QED) is 0.705. The molecule has 150 valence electrons. The Hall–Kier alpha value is -3.07. The maximum Gasteiger partial charge on any atom is 0.271 e. The number of sulfone groups is 1. The molecule has 1 aliphatic heterocycles. The first-order valence-electron chi connectivity index (χ1n) is 9.34. The Labute approximate surface area is 168 Å². The number of pyridine rings is 2. The Morgan fingerprint density at radius 2 is 1.83 bits per heavy atom. The summed E-state index contributed by atoms with van der Waals surface area (Å²) in [6.07, 6.45) is 5.81. The number of carbonyl (C=O) groups excluding carboxylic acids is 1. The SMILES string of the molecule is CS(=O)(=O)c1cccnc1C1CCN(C(=O)c2cc(-c3ccccn3)n[nH]2)CC1. The summed E-state index contributed by atoms with van der Waals surface area (Å²) in [6.45, 7) is 1.06. The minimum atomic E-state index is -3.34. The van der Waals surface area contributed by atoms with E-state index >= 15 is 0 Å². The first-order valence-corrected chi connectivity index (χ1v) is 11.2. The first-order chi connectivity index (χ1) is 13.9. The Morgan fingerprint density at radius 3 is 2.52 bits per heavy atom. The lowest BCUT2D eigenvalue weighted by Gasteiger charge is -2.32. The minimum Gasteiger partial charge on any atom is -0.337 e. The summed E-state index contributed by atoms with van der Waals surface area (Å²) in [7, 11) is -3.34. The second kappa shape index (κ2) is 7.75. The molecule has 1 amide bonds. The van der Waals surface area contributed by atoms with Crippen molar-refractivity contribution in [2.24, 2.45) is 0 Å². The summed E-state index contributed by atoms with van der Waals surface area (Å²) in [6, 6.07) is 10.5. The third-order valence-electron chi connectivity index (χ3n) is 5.10. The lowest BCUT2D eigenvalue weighted by Crippen LogP contribution is -2.38. The normalized spacial score (nSPS) is 15.4. The highest BCUT2D eigenvalue weighted by atomic mass is 32.2. The number of carbonyl (C=O) groups is 1. The van der Waals surface area contributed by atoms with Crippen molar-refractivity contribution in [2.75, 3.05) is 19.3 Å². The molecule has 1 fully saturated rings. The average molecular weight is 411 g/mol. The number of amides is 1. The number of likely N-dealkylation sites (tertiary alicyclic amines) is 1. The fourth-order valence-corrected chi connectivity index (χ4v) is 4.55. The molecule has 8 nitrogen and oxygen atoms in total. The van der Waals surface area contributed by atoms with Crippen molar-refractivity contribution in [3.63, 3.8) is 0 Å². The van der Waals surface area contributed by atoms with Gasteiger partial charge in [0.15, 0.2) is 9.84 Å². The van der Waals surface area contributed by atoms with Gasteiger partial charge in [-0.25, -0.2) is 8.42 Å². The molecular weight excluding hydrogens is 390 g/mol. The maximum atomic E-state index is 12.8. The van der Waals surface area contributed by atoms with Crippen LogP contribution in [-0.4, -0.2) is 58.7 Å². The van der Waals surface area contributed by atoms with E-state index in [0.29, 0.717) is 48.7 Å². The van der Waals surface area contributed by atoms with Gasteiger partial charge in [-0.05, 0) is 43.2 Å². The third-order valence-corrected chi connectivity index (χ3v) is 6.25. The van der Waals surface area contributed by atoms with Gasteiger partial charge in [-0.1, -0.05) is 6.07 Å². The molecule has 0 bridgehead atoms. The first kappa shape index (κ1) is 19.3. The van der Waals surface area contributed by atoms with Gasteiger partial charge in [0.1, 0.15) is 11.4 Å². The van der Waals surface area contributed by atoms with Gasteiger partial charge in [0, 0.05) is 37.7 Å². The van der Waals surface area contributed by atoms with E-state index in [-0.39, 0.29) is 16.7 Å². The fourth-order valence-electron chi connectivity index (χ4n) is 3.63. The summed E-state index contributed by atoms with van der Waals surface area (Å²) in [5.41, 5.74) is 2.33. The molecular formula is C20H21N5O3S. The number of H-pyrrole nitrogens is 1. The molecule has 0 aliphatic carbocycles. The van der Waals surface area contributed by atoms with Crippen molar-refractivity contribution in [3.05, 3.63) is 60.2 Å². The summed E-state index contributed by atoms with van der Waals surface area (Å²) in [5, 5.41) is 6.99. The number of hydrogen-bond donors (Lipinski definition) is 1. The number of aromatic amines is 1. The van der Waals surface area contributed by atoms with Crippen LogP contribution in [-0.2, 0) is 9.84 Å². The highest BCUT2D eigenvalue weighted by molar-refractivity contribution is 7.90. The maximum absolute atomic E-state index is 12.8. The van der Waals surface area contributed by atoms with Crippen molar-refractivity contribution in [3.8, 4) is 11.4 Å². The second-order valence-corrected chi connectivity index (χ2v) is 9.09. The third kappa shape index (κ3) is 4.04. The molecule has 0 radical (unpaired) electrons. The lowest BCUT2D eigenvalue weighted by atomic mass is 9.93. The molecule has 9 heteroatoms. The van der Waals surface area contributed by atoms with E-state index in [1.54, 1.807) is 35.5 Å². The Balaban J connectivity index is 1.46. The van der Waals surface area contributed by atoms with Gasteiger partial charge < -0.3 is 4.90 Å². The lowest BCUT2D eigenvalue weighted by molar-refractivity contribution is 0.0705. The van der Waals surface area contributed by atoms with E-state index in [4.69, 9.17) is 0 Å². The zero-order chi connectivity index (χ0) is 20.4. The highest BCUT2D eigenvalue weighted by Crippen LogP contribution is 2.31. The highest BCUT2D eigenvalue weighted by Gasteiger charge is 2.29. The van der Waals surface area contributed by atoms with Crippen LogP contribution in [0.4, 0.5) is 0 Å². The van der Waals surface area contributed by atoms with Crippen LogP contribution in [0.2, 0.25) is 0 Å². The van der Waals surface area contributed by atoms with Crippen LogP contribution < -0.4 is 0 Å². The van der Waals surface area contributed by atoms with Gasteiger partial charge >= 0.3 is 0 Å². The molecule has 4 rings (SSSR count). The van der Waals surface area contributed by atoms with Crippen LogP contribution in [0.3, 0.4) is 0 Å². The molecule has 0 unspecified atom stereocenters. The molecule has 4 heterocycles. The molecule has 1 saturated heterocycles. The predicted molar refractivity (Wildman–Crippen MR) is 107 cm³/mol. The summed E-state index contributed by atoms with van der Waals surface area (Å²) in [4.78, 5) is 23.4. The van der Waals surface area contributed by atoms with E-state index < -0.39 is 9.84 Å². The van der Waals surface area contributed by atoms with Gasteiger partial charge in [0.2, 0.25) is 0 Å². The number of rotatable bonds is 4. The molecule has 3 aromatic heterocycles.